The van der Waals surface area contributed by atoms with Crippen LogP contribution in [0.3, 0.4) is 0 Å². The van der Waals surface area contributed by atoms with E-state index in [9.17, 15) is 9.59 Å². The largest absolute Gasteiger partial charge is 0.476 e. The summed E-state index contributed by atoms with van der Waals surface area (Å²) in [7, 11) is 0. The van der Waals surface area contributed by atoms with Gasteiger partial charge in [-0.15, -0.1) is 0 Å². The third kappa shape index (κ3) is 2.62. The number of anilines is 1. The van der Waals surface area contributed by atoms with Crippen LogP contribution in [0.5, 0.6) is 0 Å². The number of amides is 1. The van der Waals surface area contributed by atoms with Crippen molar-refractivity contribution in [3.63, 3.8) is 0 Å². The fourth-order valence-corrected chi connectivity index (χ4v) is 1.80. The molecule has 1 aromatic heterocycles. The number of carbonyl (C=O) groups is 2. The first kappa shape index (κ1) is 12.4. The lowest BCUT2D eigenvalue weighted by atomic mass is 10.1. The predicted octanol–water partition coefficient (Wildman–Crippen LogP) is 0.538. The summed E-state index contributed by atoms with van der Waals surface area (Å²) < 4.78 is 5.29. The van der Waals surface area contributed by atoms with Gasteiger partial charge in [-0.25, -0.2) is 14.8 Å². The van der Waals surface area contributed by atoms with E-state index in [2.05, 4.69) is 15.3 Å². The van der Waals surface area contributed by atoms with Crippen molar-refractivity contribution < 1.29 is 19.4 Å². The quantitative estimate of drug-likeness (QED) is 0.812. The molecule has 96 valence electrons. The van der Waals surface area contributed by atoms with Crippen LogP contribution in [-0.2, 0) is 9.53 Å². The number of rotatable bonds is 3. The molecule has 0 aromatic carbocycles. The number of hydrogen-bond donors (Lipinski definition) is 2. The number of nitrogens with one attached hydrogen (secondary N) is 1. The lowest BCUT2D eigenvalue weighted by molar-refractivity contribution is -0.119. The molecule has 1 amide bonds. The molecule has 2 heterocycles. The fraction of sp³-hybridized carbons (Fsp3) is 0.455. The minimum atomic E-state index is -1.23. The predicted molar refractivity (Wildman–Crippen MR) is 61.1 cm³/mol. The van der Waals surface area contributed by atoms with Gasteiger partial charge in [-0.05, 0) is 13.3 Å². The van der Waals surface area contributed by atoms with Crippen molar-refractivity contribution >= 4 is 17.7 Å². The highest BCUT2D eigenvalue weighted by Crippen LogP contribution is 2.21. The topological polar surface area (TPSA) is 101 Å². The minimum absolute atomic E-state index is 0.0328. The summed E-state index contributed by atoms with van der Waals surface area (Å²) in [6.45, 7) is 2.23. The van der Waals surface area contributed by atoms with Crippen LogP contribution in [0, 0.1) is 5.92 Å². The van der Waals surface area contributed by atoms with Crippen molar-refractivity contribution in [2.45, 2.75) is 19.4 Å². The molecule has 0 aliphatic carbocycles. The number of ether oxygens (including phenoxy) is 1. The molecule has 0 spiro atoms. The zero-order valence-corrected chi connectivity index (χ0v) is 9.79. The molecule has 7 heteroatoms. The molecule has 0 radical (unpaired) electrons. The highest BCUT2D eigenvalue weighted by Gasteiger charge is 2.29. The monoisotopic (exact) mass is 251 g/mol. The molecule has 0 bridgehead atoms. The zero-order chi connectivity index (χ0) is 13.1. The SMILES string of the molecule is CC1CC(C(=O)Nc2nccnc2C(=O)O)CO1. The van der Waals surface area contributed by atoms with E-state index in [1.807, 2.05) is 6.92 Å². The Morgan fingerprint density at radius 3 is 2.78 bits per heavy atom. The van der Waals surface area contributed by atoms with Crippen LogP contribution in [0.1, 0.15) is 23.8 Å². The Hall–Kier alpha value is -2.02. The van der Waals surface area contributed by atoms with Gasteiger partial charge in [0, 0.05) is 12.4 Å². The first-order valence-electron chi connectivity index (χ1n) is 5.54. The van der Waals surface area contributed by atoms with E-state index in [0.29, 0.717) is 13.0 Å². The summed E-state index contributed by atoms with van der Waals surface area (Å²) in [5, 5.41) is 11.4. The van der Waals surface area contributed by atoms with Gasteiger partial charge in [-0.3, -0.25) is 4.79 Å². The van der Waals surface area contributed by atoms with Gasteiger partial charge in [-0.2, -0.15) is 0 Å². The average molecular weight is 251 g/mol. The summed E-state index contributed by atoms with van der Waals surface area (Å²) in [4.78, 5) is 30.3. The smallest absolute Gasteiger partial charge is 0.358 e. The molecule has 0 saturated carbocycles. The second-order valence-electron chi connectivity index (χ2n) is 4.12. The Morgan fingerprint density at radius 2 is 2.17 bits per heavy atom. The number of hydrogen-bond acceptors (Lipinski definition) is 5. The number of nitrogens with zero attached hydrogens (tertiary/aromatic N) is 2. The van der Waals surface area contributed by atoms with Gasteiger partial charge in [0.2, 0.25) is 5.91 Å². The summed E-state index contributed by atoms with van der Waals surface area (Å²) in [6.07, 6.45) is 3.26. The van der Waals surface area contributed by atoms with Gasteiger partial charge in [0.1, 0.15) is 0 Å². The highest BCUT2D eigenvalue weighted by atomic mass is 16.5. The van der Waals surface area contributed by atoms with E-state index < -0.39 is 5.97 Å². The zero-order valence-electron chi connectivity index (χ0n) is 9.79. The number of aromatic nitrogens is 2. The van der Waals surface area contributed by atoms with Crippen LogP contribution in [0.25, 0.3) is 0 Å². The van der Waals surface area contributed by atoms with Gasteiger partial charge in [0.05, 0.1) is 18.6 Å². The van der Waals surface area contributed by atoms with Gasteiger partial charge in [0.15, 0.2) is 11.5 Å². The minimum Gasteiger partial charge on any atom is -0.476 e. The Balaban J connectivity index is 2.09. The molecule has 2 rings (SSSR count). The van der Waals surface area contributed by atoms with Crippen LogP contribution in [0.4, 0.5) is 5.82 Å². The Labute approximate surface area is 103 Å². The summed E-state index contributed by atoms with van der Waals surface area (Å²) in [5.74, 6) is -1.82. The third-order valence-corrected chi connectivity index (χ3v) is 2.71. The molecular formula is C11H13N3O4. The van der Waals surface area contributed by atoms with Crippen molar-refractivity contribution in [3.05, 3.63) is 18.1 Å². The van der Waals surface area contributed by atoms with E-state index in [-0.39, 0.29) is 29.4 Å². The van der Waals surface area contributed by atoms with Crippen LogP contribution < -0.4 is 5.32 Å². The van der Waals surface area contributed by atoms with Crippen LogP contribution >= 0.6 is 0 Å². The second-order valence-corrected chi connectivity index (χ2v) is 4.12. The maximum atomic E-state index is 11.9. The van der Waals surface area contributed by atoms with Gasteiger partial charge in [0.25, 0.3) is 0 Å². The van der Waals surface area contributed by atoms with Crippen LogP contribution in [-0.4, -0.2) is 39.7 Å². The fourth-order valence-electron chi connectivity index (χ4n) is 1.80. The molecular weight excluding hydrogens is 238 g/mol. The lowest BCUT2D eigenvalue weighted by Gasteiger charge is -2.09. The molecule has 1 fully saturated rings. The number of aromatic carboxylic acids is 1. The normalized spacial score (nSPS) is 22.7. The van der Waals surface area contributed by atoms with Crippen molar-refractivity contribution in [3.8, 4) is 0 Å². The Bertz CT molecular complexity index is 477. The Kier molecular flexibility index (Phi) is 3.52. The van der Waals surface area contributed by atoms with E-state index in [0.717, 1.165) is 0 Å². The number of carboxylic acids is 1. The maximum Gasteiger partial charge on any atom is 0.358 e. The first-order chi connectivity index (χ1) is 8.58. The molecule has 18 heavy (non-hydrogen) atoms. The van der Waals surface area contributed by atoms with Crippen molar-refractivity contribution in [2.75, 3.05) is 11.9 Å². The maximum absolute atomic E-state index is 11.9. The highest BCUT2D eigenvalue weighted by molar-refractivity contribution is 5.98. The van der Waals surface area contributed by atoms with Gasteiger partial charge >= 0.3 is 5.97 Å². The van der Waals surface area contributed by atoms with Crippen LogP contribution in [0.15, 0.2) is 12.4 Å². The standard InChI is InChI=1S/C11H13N3O4/c1-6-4-7(5-18-6)10(15)14-9-8(11(16)17)12-2-3-13-9/h2-3,6-7H,4-5H2,1H3,(H,16,17)(H,13,14,15). The molecule has 1 saturated heterocycles. The number of carbonyl (C=O) groups excluding carboxylic acids is 1. The van der Waals surface area contributed by atoms with Gasteiger partial charge < -0.3 is 15.2 Å². The first-order valence-corrected chi connectivity index (χ1v) is 5.54. The molecule has 2 unspecified atom stereocenters. The third-order valence-electron chi connectivity index (χ3n) is 2.71. The summed E-state index contributed by atoms with van der Waals surface area (Å²) in [6, 6.07) is 0. The summed E-state index contributed by atoms with van der Waals surface area (Å²) >= 11 is 0. The molecule has 2 atom stereocenters. The molecule has 2 N–H and O–H groups in total. The van der Waals surface area contributed by atoms with Crippen molar-refractivity contribution in [1.82, 2.24) is 9.97 Å². The molecule has 1 aromatic rings. The Morgan fingerprint density at radius 1 is 1.44 bits per heavy atom. The van der Waals surface area contributed by atoms with Crippen LogP contribution in [0.2, 0.25) is 0 Å². The molecule has 7 nitrogen and oxygen atoms in total. The van der Waals surface area contributed by atoms with Crippen molar-refractivity contribution in [2.24, 2.45) is 5.92 Å². The second kappa shape index (κ2) is 5.09. The van der Waals surface area contributed by atoms with E-state index in [1.54, 1.807) is 0 Å². The summed E-state index contributed by atoms with van der Waals surface area (Å²) in [5.41, 5.74) is -0.266. The molecule has 1 aliphatic rings. The lowest BCUT2D eigenvalue weighted by Crippen LogP contribution is -2.25. The number of carboxylic acid groups (broad SMARTS) is 1. The van der Waals surface area contributed by atoms with E-state index in [4.69, 9.17) is 9.84 Å². The van der Waals surface area contributed by atoms with E-state index in [1.165, 1.54) is 12.4 Å². The molecule has 1 aliphatic heterocycles. The van der Waals surface area contributed by atoms with Crippen molar-refractivity contribution in [1.29, 1.82) is 0 Å². The average Bonchev–Trinajstić information content (AvgIpc) is 2.76. The van der Waals surface area contributed by atoms with Gasteiger partial charge in [-0.1, -0.05) is 0 Å². The van der Waals surface area contributed by atoms with E-state index >= 15 is 0 Å².